The molecule has 0 fully saturated rings. The van der Waals surface area contributed by atoms with Crippen LogP contribution in [0.5, 0.6) is 0 Å². The normalized spacial score (nSPS) is 14.7. The molecule has 0 atom stereocenters. The minimum atomic E-state index is 0.829. The van der Waals surface area contributed by atoms with Gasteiger partial charge in [-0.05, 0) is 6.08 Å². The average Bonchev–Trinajstić information content (AvgIpc) is 2.33. The summed E-state index contributed by atoms with van der Waals surface area (Å²) in [4.78, 5) is 0. The molecule has 0 aromatic carbocycles. The molecule has 1 aliphatic rings. The third-order valence-corrected chi connectivity index (χ3v) is 1.32. The van der Waals surface area contributed by atoms with Crippen LogP contribution in [0.25, 0.3) is 6.08 Å². The lowest BCUT2D eigenvalue weighted by Gasteiger charge is -2.01. The lowest BCUT2D eigenvalue weighted by Crippen LogP contribution is -2.07. The molecular formula is C6H6N2O. The molecule has 0 amide bonds. The Balaban J connectivity index is 2.53. The standard InChI is InChI=1S/C6H6N2O/c1-2-7-3-5-4-8-9-6(1)5/h1-2,4,7H,3H2. The van der Waals surface area contributed by atoms with Gasteiger partial charge in [-0.2, -0.15) is 0 Å². The fourth-order valence-electron chi connectivity index (χ4n) is 0.843. The molecule has 1 N–H and O–H groups in total. The smallest absolute Gasteiger partial charge is 0.166 e. The molecule has 2 rings (SSSR count). The van der Waals surface area contributed by atoms with Crippen molar-refractivity contribution in [2.45, 2.75) is 6.54 Å². The molecule has 9 heavy (non-hydrogen) atoms. The third-order valence-electron chi connectivity index (χ3n) is 1.32. The number of fused-ring (bicyclic) bond motifs is 1. The van der Waals surface area contributed by atoms with Gasteiger partial charge in [0.25, 0.3) is 0 Å². The maximum atomic E-state index is 4.88. The summed E-state index contributed by atoms with van der Waals surface area (Å²) in [7, 11) is 0. The van der Waals surface area contributed by atoms with Crippen molar-refractivity contribution in [2.24, 2.45) is 0 Å². The molecule has 0 saturated carbocycles. The highest BCUT2D eigenvalue weighted by molar-refractivity contribution is 5.48. The van der Waals surface area contributed by atoms with Crippen molar-refractivity contribution in [1.82, 2.24) is 10.5 Å². The molecule has 2 heterocycles. The SMILES string of the molecule is C1=Cc2oncc2CN1. The van der Waals surface area contributed by atoms with E-state index in [1.165, 1.54) is 0 Å². The van der Waals surface area contributed by atoms with Gasteiger partial charge in [0.05, 0.1) is 6.20 Å². The Morgan fingerprint density at radius 2 is 2.67 bits per heavy atom. The highest BCUT2D eigenvalue weighted by Crippen LogP contribution is 2.11. The van der Waals surface area contributed by atoms with Gasteiger partial charge in [-0.15, -0.1) is 0 Å². The minimum absolute atomic E-state index is 0.829. The first-order valence-corrected chi connectivity index (χ1v) is 2.80. The summed E-state index contributed by atoms with van der Waals surface area (Å²) >= 11 is 0. The summed E-state index contributed by atoms with van der Waals surface area (Å²) in [6.45, 7) is 0.829. The third kappa shape index (κ3) is 0.614. The van der Waals surface area contributed by atoms with Crippen molar-refractivity contribution in [3.8, 4) is 0 Å². The van der Waals surface area contributed by atoms with Crippen LogP contribution in [0.4, 0.5) is 0 Å². The second kappa shape index (κ2) is 1.62. The van der Waals surface area contributed by atoms with Gasteiger partial charge >= 0.3 is 0 Å². The first-order chi connectivity index (χ1) is 4.47. The zero-order chi connectivity index (χ0) is 6.10. The summed E-state index contributed by atoms with van der Waals surface area (Å²) in [6, 6.07) is 0. The molecule has 1 aliphatic heterocycles. The zero-order valence-corrected chi connectivity index (χ0v) is 4.79. The number of nitrogens with zero attached hydrogens (tertiary/aromatic N) is 1. The van der Waals surface area contributed by atoms with Crippen LogP contribution in [-0.4, -0.2) is 5.16 Å². The fourth-order valence-corrected chi connectivity index (χ4v) is 0.843. The van der Waals surface area contributed by atoms with Gasteiger partial charge in [-0.25, -0.2) is 0 Å². The number of hydrogen-bond donors (Lipinski definition) is 1. The van der Waals surface area contributed by atoms with E-state index < -0.39 is 0 Å². The summed E-state index contributed by atoms with van der Waals surface area (Å²) in [5.74, 6) is 0.869. The van der Waals surface area contributed by atoms with Crippen molar-refractivity contribution in [1.29, 1.82) is 0 Å². The van der Waals surface area contributed by atoms with Gasteiger partial charge in [0.2, 0.25) is 0 Å². The Hall–Kier alpha value is -1.25. The van der Waals surface area contributed by atoms with Crippen molar-refractivity contribution < 1.29 is 4.52 Å². The van der Waals surface area contributed by atoms with E-state index >= 15 is 0 Å². The molecule has 1 aromatic rings. The van der Waals surface area contributed by atoms with Gasteiger partial charge in [0.1, 0.15) is 0 Å². The lowest BCUT2D eigenvalue weighted by atomic mass is 10.2. The molecule has 46 valence electrons. The summed E-state index contributed by atoms with van der Waals surface area (Å²) in [5, 5.41) is 6.68. The van der Waals surface area contributed by atoms with E-state index in [2.05, 4.69) is 10.5 Å². The van der Waals surface area contributed by atoms with Gasteiger partial charge in [-0.1, -0.05) is 5.16 Å². The Kier molecular flexibility index (Phi) is 0.828. The van der Waals surface area contributed by atoms with E-state index in [-0.39, 0.29) is 0 Å². The number of rotatable bonds is 0. The molecule has 0 saturated heterocycles. The van der Waals surface area contributed by atoms with Crippen LogP contribution in [0, 0.1) is 0 Å². The van der Waals surface area contributed by atoms with Crippen LogP contribution >= 0.6 is 0 Å². The van der Waals surface area contributed by atoms with Crippen LogP contribution < -0.4 is 5.32 Å². The molecule has 1 aromatic heterocycles. The zero-order valence-electron chi connectivity index (χ0n) is 4.79. The van der Waals surface area contributed by atoms with E-state index in [9.17, 15) is 0 Å². The van der Waals surface area contributed by atoms with E-state index in [1.807, 2.05) is 12.3 Å². The number of hydrogen-bond acceptors (Lipinski definition) is 3. The maximum absolute atomic E-state index is 4.88. The predicted molar refractivity (Wildman–Crippen MR) is 32.4 cm³/mol. The second-order valence-corrected chi connectivity index (χ2v) is 1.93. The summed E-state index contributed by atoms with van der Waals surface area (Å²) < 4.78 is 4.88. The van der Waals surface area contributed by atoms with E-state index in [1.54, 1.807) is 6.20 Å². The van der Waals surface area contributed by atoms with Gasteiger partial charge in [-0.3, -0.25) is 0 Å². The van der Waals surface area contributed by atoms with Gasteiger partial charge < -0.3 is 9.84 Å². The Bertz CT molecular complexity index is 239. The molecule has 0 aliphatic carbocycles. The van der Waals surface area contributed by atoms with Crippen LogP contribution in [0.1, 0.15) is 11.3 Å². The lowest BCUT2D eigenvalue weighted by molar-refractivity contribution is 0.410. The van der Waals surface area contributed by atoms with Crippen molar-refractivity contribution >= 4 is 6.08 Å². The Morgan fingerprint density at radius 1 is 1.67 bits per heavy atom. The Labute approximate surface area is 52.3 Å². The molecule has 0 unspecified atom stereocenters. The predicted octanol–water partition coefficient (Wildman–Crippen LogP) is 0.748. The van der Waals surface area contributed by atoms with Crippen LogP contribution in [0.15, 0.2) is 16.9 Å². The highest BCUT2D eigenvalue weighted by atomic mass is 16.5. The van der Waals surface area contributed by atoms with Gasteiger partial charge in [0.15, 0.2) is 5.76 Å². The molecular weight excluding hydrogens is 116 g/mol. The topological polar surface area (TPSA) is 38.1 Å². The Morgan fingerprint density at radius 3 is 3.56 bits per heavy atom. The minimum Gasteiger partial charge on any atom is -0.386 e. The summed E-state index contributed by atoms with van der Waals surface area (Å²) in [5.41, 5.74) is 1.12. The van der Waals surface area contributed by atoms with Crippen LogP contribution in [-0.2, 0) is 6.54 Å². The second-order valence-electron chi connectivity index (χ2n) is 1.93. The maximum Gasteiger partial charge on any atom is 0.166 e. The largest absolute Gasteiger partial charge is 0.386 e. The fraction of sp³-hybridized carbons (Fsp3) is 0.167. The van der Waals surface area contributed by atoms with E-state index in [4.69, 9.17) is 4.52 Å². The quantitative estimate of drug-likeness (QED) is 0.551. The molecule has 0 spiro atoms. The van der Waals surface area contributed by atoms with E-state index in [0.717, 1.165) is 17.9 Å². The van der Waals surface area contributed by atoms with Crippen molar-refractivity contribution in [3.63, 3.8) is 0 Å². The number of aromatic nitrogens is 1. The average molecular weight is 122 g/mol. The molecule has 0 radical (unpaired) electrons. The van der Waals surface area contributed by atoms with Crippen molar-refractivity contribution in [3.05, 3.63) is 23.7 Å². The van der Waals surface area contributed by atoms with E-state index in [0.29, 0.717) is 0 Å². The van der Waals surface area contributed by atoms with Crippen LogP contribution in [0.3, 0.4) is 0 Å². The number of nitrogens with one attached hydrogen (secondary N) is 1. The van der Waals surface area contributed by atoms with Crippen LogP contribution in [0.2, 0.25) is 0 Å². The first-order valence-electron chi connectivity index (χ1n) is 2.80. The molecule has 3 nitrogen and oxygen atoms in total. The van der Waals surface area contributed by atoms with Crippen molar-refractivity contribution in [2.75, 3.05) is 0 Å². The highest BCUT2D eigenvalue weighted by Gasteiger charge is 2.05. The molecule has 3 heteroatoms. The monoisotopic (exact) mass is 122 g/mol. The molecule has 0 bridgehead atoms. The first kappa shape index (κ1) is 4.61. The van der Waals surface area contributed by atoms with Gasteiger partial charge in [0, 0.05) is 18.3 Å². The summed E-state index contributed by atoms with van der Waals surface area (Å²) in [6.07, 6.45) is 5.45.